The van der Waals surface area contributed by atoms with Gasteiger partial charge in [-0.1, -0.05) is 6.07 Å². The molecular formula is C24H23N6O+. The van der Waals surface area contributed by atoms with Crippen molar-refractivity contribution in [3.05, 3.63) is 84.3 Å². The number of aromatic nitrogens is 5. The monoisotopic (exact) mass is 411 g/mol. The van der Waals surface area contributed by atoms with Crippen LogP contribution in [0.1, 0.15) is 16.8 Å². The van der Waals surface area contributed by atoms with Gasteiger partial charge in [0.05, 0.1) is 24.0 Å². The Bertz CT molecular complexity index is 1220. The average molecular weight is 411 g/mol. The fraction of sp³-hybridized carbons (Fsp3) is 0.167. The van der Waals surface area contributed by atoms with Crippen molar-refractivity contribution in [1.29, 1.82) is 0 Å². The minimum Gasteiger partial charge on any atom is -0.310 e. The molecule has 0 atom stereocenters. The first kappa shape index (κ1) is 20.3. The van der Waals surface area contributed by atoms with E-state index in [1.165, 1.54) is 0 Å². The van der Waals surface area contributed by atoms with Gasteiger partial charge in [-0.25, -0.2) is 9.55 Å². The van der Waals surface area contributed by atoms with Crippen LogP contribution in [0.4, 0.5) is 5.82 Å². The van der Waals surface area contributed by atoms with Gasteiger partial charge in [-0.2, -0.15) is 0 Å². The number of aryl methyl sites for hydroxylation is 3. The number of hydrogen-bond acceptors (Lipinski definition) is 5. The Morgan fingerprint density at radius 3 is 2.52 bits per heavy atom. The van der Waals surface area contributed by atoms with E-state index in [9.17, 15) is 4.79 Å². The first-order chi connectivity index (χ1) is 15.0. The first-order valence-corrected chi connectivity index (χ1v) is 9.94. The largest absolute Gasteiger partial charge is 0.310 e. The second kappa shape index (κ2) is 8.79. The van der Waals surface area contributed by atoms with E-state index in [4.69, 9.17) is 0 Å². The van der Waals surface area contributed by atoms with E-state index >= 15 is 0 Å². The molecule has 4 rings (SSSR count). The highest BCUT2D eigenvalue weighted by Crippen LogP contribution is 2.22. The fourth-order valence-corrected chi connectivity index (χ4v) is 3.30. The minimum atomic E-state index is -0.142. The molecular weight excluding hydrogens is 388 g/mol. The van der Waals surface area contributed by atoms with Gasteiger partial charge in [0.2, 0.25) is 5.91 Å². The van der Waals surface area contributed by atoms with Gasteiger partial charge in [0.25, 0.3) is 0 Å². The standard InChI is InChI=1S/C24H22N6O/c1-16-10-18(13-28-24(16)19-6-9-30(3)17(2)11-19)12-23(31)29-22-5-4-20(14-27-22)21-15-25-7-8-26-21/h4-11,13-15H,12H2,1-3H3/p+1. The molecule has 7 heteroatoms. The van der Waals surface area contributed by atoms with Crippen LogP contribution in [0.25, 0.3) is 22.5 Å². The average Bonchev–Trinajstić information content (AvgIpc) is 2.77. The Morgan fingerprint density at radius 1 is 0.968 bits per heavy atom. The van der Waals surface area contributed by atoms with Gasteiger partial charge >= 0.3 is 0 Å². The zero-order valence-electron chi connectivity index (χ0n) is 17.7. The first-order valence-electron chi connectivity index (χ1n) is 9.94. The lowest BCUT2D eigenvalue weighted by Crippen LogP contribution is -2.30. The van der Waals surface area contributed by atoms with Crippen molar-refractivity contribution in [1.82, 2.24) is 19.9 Å². The predicted octanol–water partition coefficient (Wildman–Crippen LogP) is 3.22. The molecule has 4 heterocycles. The third kappa shape index (κ3) is 4.78. The molecule has 1 N–H and O–H groups in total. The number of nitrogens with one attached hydrogen (secondary N) is 1. The number of carbonyl (C=O) groups is 1. The summed E-state index contributed by atoms with van der Waals surface area (Å²) in [5, 5.41) is 2.83. The zero-order valence-corrected chi connectivity index (χ0v) is 17.7. The van der Waals surface area contributed by atoms with E-state index < -0.39 is 0 Å². The molecule has 154 valence electrons. The Balaban J connectivity index is 1.42. The maximum Gasteiger partial charge on any atom is 0.230 e. The van der Waals surface area contributed by atoms with Crippen LogP contribution in [0, 0.1) is 13.8 Å². The van der Waals surface area contributed by atoms with Gasteiger partial charge < -0.3 is 5.32 Å². The SMILES string of the molecule is Cc1cc(CC(=O)Nc2ccc(-c3cnccn3)cn2)cnc1-c1cc[n+](C)c(C)c1. The normalized spacial score (nSPS) is 10.7. The van der Waals surface area contributed by atoms with Crippen molar-refractivity contribution >= 4 is 11.7 Å². The van der Waals surface area contributed by atoms with Gasteiger partial charge in [-0.05, 0) is 30.2 Å². The summed E-state index contributed by atoms with van der Waals surface area (Å²) >= 11 is 0. The van der Waals surface area contributed by atoms with Gasteiger partial charge in [-0.15, -0.1) is 0 Å². The summed E-state index contributed by atoms with van der Waals surface area (Å²) in [6.07, 6.45) is 10.6. The summed E-state index contributed by atoms with van der Waals surface area (Å²) in [6.45, 7) is 4.07. The summed E-state index contributed by atoms with van der Waals surface area (Å²) in [6, 6.07) is 9.78. The number of pyridine rings is 3. The molecule has 0 aliphatic carbocycles. The van der Waals surface area contributed by atoms with Crippen LogP contribution < -0.4 is 9.88 Å². The number of carbonyl (C=O) groups excluding carboxylic acids is 1. The van der Waals surface area contributed by atoms with Gasteiger partial charge in [0.15, 0.2) is 11.9 Å². The summed E-state index contributed by atoms with van der Waals surface area (Å²) in [4.78, 5) is 29.7. The molecule has 1 amide bonds. The zero-order chi connectivity index (χ0) is 21.8. The minimum absolute atomic E-state index is 0.142. The van der Waals surface area contributed by atoms with Crippen LogP contribution in [-0.2, 0) is 18.3 Å². The lowest BCUT2D eigenvalue weighted by atomic mass is 10.0. The number of nitrogens with zero attached hydrogens (tertiary/aromatic N) is 5. The van der Waals surface area contributed by atoms with E-state index in [1.54, 1.807) is 37.1 Å². The van der Waals surface area contributed by atoms with Crippen molar-refractivity contribution in [2.75, 3.05) is 5.32 Å². The molecule has 0 unspecified atom stereocenters. The van der Waals surface area contributed by atoms with Crippen molar-refractivity contribution in [2.45, 2.75) is 20.3 Å². The summed E-state index contributed by atoms with van der Waals surface area (Å²) in [7, 11) is 2.01. The van der Waals surface area contributed by atoms with Crippen molar-refractivity contribution in [3.8, 4) is 22.5 Å². The number of rotatable bonds is 5. The van der Waals surface area contributed by atoms with E-state index in [0.29, 0.717) is 5.82 Å². The van der Waals surface area contributed by atoms with E-state index in [2.05, 4.69) is 42.8 Å². The van der Waals surface area contributed by atoms with Crippen LogP contribution >= 0.6 is 0 Å². The van der Waals surface area contributed by atoms with Crippen LogP contribution in [0.2, 0.25) is 0 Å². The van der Waals surface area contributed by atoms with Crippen LogP contribution in [0.3, 0.4) is 0 Å². The van der Waals surface area contributed by atoms with Gasteiger partial charge in [0, 0.05) is 55.0 Å². The molecule has 0 fully saturated rings. The van der Waals surface area contributed by atoms with E-state index in [0.717, 1.165) is 39.3 Å². The fourth-order valence-electron chi connectivity index (χ4n) is 3.30. The summed E-state index contributed by atoms with van der Waals surface area (Å²) in [5.41, 5.74) is 6.60. The van der Waals surface area contributed by atoms with Crippen molar-refractivity contribution in [2.24, 2.45) is 7.05 Å². The Kier molecular flexibility index (Phi) is 5.75. The highest BCUT2D eigenvalue weighted by Gasteiger charge is 2.11. The van der Waals surface area contributed by atoms with Crippen molar-refractivity contribution in [3.63, 3.8) is 0 Å². The second-order valence-corrected chi connectivity index (χ2v) is 7.42. The maximum atomic E-state index is 12.5. The predicted molar refractivity (Wildman–Crippen MR) is 118 cm³/mol. The van der Waals surface area contributed by atoms with Crippen LogP contribution in [-0.4, -0.2) is 25.8 Å². The smallest absolute Gasteiger partial charge is 0.230 e. The lowest BCUT2D eigenvalue weighted by Gasteiger charge is -2.09. The highest BCUT2D eigenvalue weighted by atomic mass is 16.1. The topological polar surface area (TPSA) is 84.5 Å². The quantitative estimate of drug-likeness (QED) is 0.510. The molecule has 0 saturated heterocycles. The maximum absolute atomic E-state index is 12.5. The third-order valence-corrected chi connectivity index (χ3v) is 5.06. The molecule has 0 bridgehead atoms. The number of amides is 1. The molecule has 0 aromatic carbocycles. The summed E-state index contributed by atoms with van der Waals surface area (Å²) in [5.74, 6) is 0.350. The van der Waals surface area contributed by atoms with Gasteiger partial charge in [0.1, 0.15) is 12.9 Å². The number of hydrogen-bond donors (Lipinski definition) is 1. The molecule has 0 saturated carbocycles. The van der Waals surface area contributed by atoms with Crippen LogP contribution in [0.15, 0.2) is 67.5 Å². The molecule has 4 aromatic rings. The molecule has 0 aliphatic heterocycles. The van der Waals surface area contributed by atoms with Crippen LogP contribution in [0.5, 0.6) is 0 Å². The summed E-state index contributed by atoms with van der Waals surface area (Å²) < 4.78 is 2.06. The third-order valence-electron chi connectivity index (χ3n) is 5.06. The molecule has 0 spiro atoms. The molecule has 0 aliphatic rings. The molecule has 31 heavy (non-hydrogen) atoms. The Labute approximate surface area is 180 Å². The molecule has 4 aromatic heterocycles. The van der Waals surface area contributed by atoms with Gasteiger partial charge in [-0.3, -0.25) is 19.7 Å². The second-order valence-electron chi connectivity index (χ2n) is 7.42. The molecule has 7 nitrogen and oxygen atoms in total. The van der Waals surface area contributed by atoms with E-state index in [1.807, 2.05) is 38.4 Å². The van der Waals surface area contributed by atoms with Crippen molar-refractivity contribution < 1.29 is 9.36 Å². The highest BCUT2D eigenvalue weighted by molar-refractivity contribution is 5.91. The Hall–Kier alpha value is -4.00. The lowest BCUT2D eigenvalue weighted by molar-refractivity contribution is -0.677. The Morgan fingerprint density at radius 2 is 1.84 bits per heavy atom. The van der Waals surface area contributed by atoms with E-state index in [-0.39, 0.29) is 12.3 Å². The molecule has 0 radical (unpaired) electrons. The number of anilines is 1.